The maximum absolute atomic E-state index is 12.8. The Bertz CT molecular complexity index is 774. The standard InChI is InChI=1S/C20H29BrN2O4S/c1-28(26,27)14-13-18(23-19(24)16-11-7-8-12-17(16)21)20(25)22-15-9-5-3-2-4-6-10-15/h7-8,11-12,15,18H,2-6,9-10,13-14H2,1H3,(H,22,25)(H,23,24). The van der Waals surface area contributed by atoms with Crippen molar-refractivity contribution >= 4 is 37.6 Å². The van der Waals surface area contributed by atoms with E-state index < -0.39 is 21.8 Å². The Labute approximate surface area is 175 Å². The first-order chi connectivity index (χ1) is 13.3. The van der Waals surface area contributed by atoms with Crippen LogP contribution in [0, 0.1) is 0 Å². The highest BCUT2D eigenvalue weighted by Crippen LogP contribution is 2.18. The molecule has 1 fully saturated rings. The van der Waals surface area contributed by atoms with Gasteiger partial charge in [-0.25, -0.2) is 8.42 Å². The van der Waals surface area contributed by atoms with Crippen LogP contribution in [0.3, 0.4) is 0 Å². The maximum atomic E-state index is 12.8. The van der Waals surface area contributed by atoms with E-state index in [9.17, 15) is 18.0 Å². The Morgan fingerprint density at radius 3 is 2.32 bits per heavy atom. The minimum Gasteiger partial charge on any atom is -0.352 e. The first-order valence-electron chi connectivity index (χ1n) is 9.80. The molecule has 6 nitrogen and oxygen atoms in total. The van der Waals surface area contributed by atoms with Crippen LogP contribution < -0.4 is 10.6 Å². The number of rotatable bonds is 7. The largest absolute Gasteiger partial charge is 0.352 e. The number of sulfone groups is 1. The summed E-state index contributed by atoms with van der Waals surface area (Å²) in [5, 5.41) is 5.75. The van der Waals surface area contributed by atoms with Crippen LogP contribution in [0.4, 0.5) is 0 Å². The Morgan fingerprint density at radius 1 is 1.11 bits per heavy atom. The number of carbonyl (C=O) groups is 2. The summed E-state index contributed by atoms with van der Waals surface area (Å²) in [5.41, 5.74) is 0.408. The quantitative estimate of drug-likeness (QED) is 0.636. The van der Waals surface area contributed by atoms with Gasteiger partial charge in [0, 0.05) is 16.8 Å². The fraction of sp³-hybridized carbons (Fsp3) is 0.600. The second-order valence-electron chi connectivity index (χ2n) is 7.48. The van der Waals surface area contributed by atoms with Crippen LogP contribution in [0.2, 0.25) is 0 Å². The third kappa shape index (κ3) is 7.91. The molecule has 0 aliphatic heterocycles. The third-order valence-electron chi connectivity index (χ3n) is 4.97. The summed E-state index contributed by atoms with van der Waals surface area (Å²) in [6, 6.07) is 6.12. The van der Waals surface area contributed by atoms with Crippen molar-refractivity contribution in [2.24, 2.45) is 0 Å². The van der Waals surface area contributed by atoms with Crippen LogP contribution >= 0.6 is 15.9 Å². The van der Waals surface area contributed by atoms with E-state index in [0.29, 0.717) is 10.0 Å². The van der Waals surface area contributed by atoms with Gasteiger partial charge in [0.05, 0.1) is 11.3 Å². The monoisotopic (exact) mass is 472 g/mol. The topological polar surface area (TPSA) is 92.3 Å². The molecule has 0 radical (unpaired) electrons. The van der Waals surface area contributed by atoms with Crippen molar-refractivity contribution in [2.75, 3.05) is 12.0 Å². The van der Waals surface area contributed by atoms with Crippen molar-refractivity contribution in [3.63, 3.8) is 0 Å². The normalized spacial score (nSPS) is 17.2. The van der Waals surface area contributed by atoms with Crippen molar-refractivity contribution in [3.05, 3.63) is 34.3 Å². The van der Waals surface area contributed by atoms with E-state index in [4.69, 9.17) is 0 Å². The van der Waals surface area contributed by atoms with Crippen LogP contribution in [0.1, 0.15) is 61.7 Å². The number of benzene rings is 1. The molecular weight excluding hydrogens is 444 g/mol. The van der Waals surface area contributed by atoms with E-state index in [2.05, 4.69) is 26.6 Å². The second-order valence-corrected chi connectivity index (χ2v) is 10.6. The highest BCUT2D eigenvalue weighted by atomic mass is 79.9. The Balaban J connectivity index is 2.07. The molecule has 0 heterocycles. The zero-order chi connectivity index (χ0) is 20.6. The van der Waals surface area contributed by atoms with Crippen LogP contribution in [-0.2, 0) is 14.6 Å². The molecule has 0 spiro atoms. The van der Waals surface area contributed by atoms with Crippen LogP contribution in [0.5, 0.6) is 0 Å². The van der Waals surface area contributed by atoms with Crippen LogP contribution in [0.25, 0.3) is 0 Å². The Kier molecular flexibility index (Phi) is 8.95. The third-order valence-corrected chi connectivity index (χ3v) is 6.64. The van der Waals surface area contributed by atoms with Crippen molar-refractivity contribution in [1.29, 1.82) is 0 Å². The molecule has 156 valence electrons. The molecule has 1 aliphatic carbocycles. The fourth-order valence-electron chi connectivity index (χ4n) is 3.38. The predicted molar refractivity (Wildman–Crippen MR) is 114 cm³/mol. The number of carbonyl (C=O) groups excluding carboxylic acids is 2. The number of hydrogen-bond donors (Lipinski definition) is 2. The lowest BCUT2D eigenvalue weighted by Gasteiger charge is -2.25. The molecule has 1 atom stereocenters. The molecule has 0 bridgehead atoms. The highest BCUT2D eigenvalue weighted by molar-refractivity contribution is 9.10. The second kappa shape index (κ2) is 11.0. The summed E-state index contributed by atoms with van der Waals surface area (Å²) >= 11 is 3.33. The molecule has 0 saturated heterocycles. The summed E-state index contributed by atoms with van der Waals surface area (Å²) in [7, 11) is -3.25. The summed E-state index contributed by atoms with van der Waals surface area (Å²) in [4.78, 5) is 25.5. The van der Waals surface area contributed by atoms with Gasteiger partial charge in [0.25, 0.3) is 5.91 Å². The molecule has 28 heavy (non-hydrogen) atoms. The number of amides is 2. The minimum absolute atomic E-state index is 0.0492. The molecule has 1 unspecified atom stereocenters. The Morgan fingerprint density at radius 2 is 1.71 bits per heavy atom. The molecule has 1 saturated carbocycles. The zero-order valence-corrected chi connectivity index (χ0v) is 18.6. The fourth-order valence-corrected chi connectivity index (χ4v) is 4.51. The molecule has 2 amide bonds. The zero-order valence-electron chi connectivity index (χ0n) is 16.2. The molecule has 1 aliphatic rings. The SMILES string of the molecule is CS(=O)(=O)CCC(NC(=O)c1ccccc1Br)C(=O)NC1CCCCCCC1. The average molecular weight is 473 g/mol. The summed E-state index contributed by atoms with van der Waals surface area (Å²) in [5.74, 6) is -0.875. The highest BCUT2D eigenvalue weighted by Gasteiger charge is 2.25. The summed E-state index contributed by atoms with van der Waals surface area (Å²) in [6.45, 7) is 0. The van der Waals surface area contributed by atoms with E-state index in [1.807, 2.05) is 0 Å². The molecule has 8 heteroatoms. The summed E-state index contributed by atoms with van der Waals surface area (Å²) in [6.07, 6.45) is 8.74. The minimum atomic E-state index is -3.25. The Hall–Kier alpha value is -1.41. The lowest BCUT2D eigenvalue weighted by Crippen LogP contribution is -2.50. The van der Waals surface area contributed by atoms with E-state index in [-0.39, 0.29) is 24.1 Å². The lowest BCUT2D eigenvalue weighted by molar-refractivity contribution is -0.123. The van der Waals surface area contributed by atoms with Crippen molar-refractivity contribution in [1.82, 2.24) is 10.6 Å². The molecule has 2 rings (SSSR count). The van der Waals surface area contributed by atoms with Gasteiger partial charge in [-0.1, -0.05) is 44.2 Å². The van der Waals surface area contributed by atoms with Crippen LogP contribution in [0.15, 0.2) is 28.7 Å². The van der Waals surface area contributed by atoms with Gasteiger partial charge >= 0.3 is 0 Å². The molecule has 2 N–H and O–H groups in total. The van der Waals surface area contributed by atoms with E-state index >= 15 is 0 Å². The number of nitrogens with one attached hydrogen (secondary N) is 2. The maximum Gasteiger partial charge on any atom is 0.253 e. The van der Waals surface area contributed by atoms with Gasteiger partial charge in [0.1, 0.15) is 15.9 Å². The number of hydrogen-bond acceptors (Lipinski definition) is 4. The van der Waals surface area contributed by atoms with Crippen molar-refractivity contribution in [2.45, 2.75) is 63.5 Å². The smallest absolute Gasteiger partial charge is 0.253 e. The van der Waals surface area contributed by atoms with Gasteiger partial charge in [-0.3, -0.25) is 9.59 Å². The van der Waals surface area contributed by atoms with Crippen LogP contribution in [-0.4, -0.2) is 44.3 Å². The number of halogens is 1. The van der Waals surface area contributed by atoms with E-state index in [1.165, 1.54) is 19.3 Å². The predicted octanol–water partition coefficient (Wildman–Crippen LogP) is 3.21. The molecule has 0 aromatic heterocycles. The van der Waals surface area contributed by atoms with Gasteiger partial charge in [-0.05, 0) is 47.3 Å². The van der Waals surface area contributed by atoms with Gasteiger partial charge in [-0.2, -0.15) is 0 Å². The first-order valence-corrected chi connectivity index (χ1v) is 12.6. The van der Waals surface area contributed by atoms with Crippen molar-refractivity contribution < 1.29 is 18.0 Å². The van der Waals surface area contributed by atoms with E-state index in [0.717, 1.165) is 31.9 Å². The summed E-state index contributed by atoms with van der Waals surface area (Å²) < 4.78 is 23.8. The molecular formula is C20H29BrN2O4S. The van der Waals surface area contributed by atoms with Gasteiger partial charge in [0.15, 0.2) is 0 Å². The molecule has 1 aromatic carbocycles. The average Bonchev–Trinajstić information content (AvgIpc) is 2.60. The van der Waals surface area contributed by atoms with E-state index in [1.54, 1.807) is 24.3 Å². The first kappa shape index (κ1) is 22.9. The lowest BCUT2D eigenvalue weighted by atomic mass is 9.96. The molecule has 1 aromatic rings. The van der Waals surface area contributed by atoms with Gasteiger partial charge < -0.3 is 10.6 Å². The van der Waals surface area contributed by atoms with Gasteiger partial charge in [-0.15, -0.1) is 0 Å². The van der Waals surface area contributed by atoms with Crippen molar-refractivity contribution in [3.8, 4) is 0 Å². The van der Waals surface area contributed by atoms with Gasteiger partial charge in [0.2, 0.25) is 5.91 Å².